The summed E-state index contributed by atoms with van der Waals surface area (Å²) in [4.78, 5) is 37.8. The zero-order valence-electron chi connectivity index (χ0n) is 38.8. The summed E-state index contributed by atoms with van der Waals surface area (Å²) in [6.07, 6.45) is 53.2. The van der Waals surface area contributed by atoms with Crippen LogP contribution in [0.5, 0.6) is 0 Å². The summed E-state index contributed by atoms with van der Waals surface area (Å²) in [6.45, 7) is 6.51. The second kappa shape index (κ2) is 47.6. The summed E-state index contributed by atoms with van der Waals surface area (Å²) >= 11 is 0. The van der Waals surface area contributed by atoms with Crippen LogP contribution in [0.3, 0.4) is 0 Å². The Bertz CT molecular complexity index is 942. The van der Waals surface area contributed by atoms with E-state index >= 15 is 0 Å². The van der Waals surface area contributed by atoms with Gasteiger partial charge in [-0.3, -0.25) is 14.4 Å². The minimum absolute atomic E-state index is 0.0766. The summed E-state index contributed by atoms with van der Waals surface area (Å²) < 4.78 is 16.7. The molecule has 0 saturated carbocycles. The normalized spacial score (nSPS) is 12.1. The molecule has 1 unspecified atom stereocenters. The molecule has 0 aliphatic rings. The SMILES string of the molecule is CC/C=C\C/C=C\CCCCC(=O)OCC(COC(=O)CCCCCCCCCCCCCCCCCCCC)OC(=O)CCCCCCCCCCCCCCC. The Hall–Kier alpha value is -2.11. The average molecular weight is 817 g/mol. The van der Waals surface area contributed by atoms with Crippen molar-refractivity contribution in [2.24, 2.45) is 0 Å². The number of ether oxygens (including phenoxy) is 3. The second-order valence-electron chi connectivity index (χ2n) is 17.1. The maximum absolute atomic E-state index is 12.7. The molecular weight excluding hydrogens is 721 g/mol. The van der Waals surface area contributed by atoms with Gasteiger partial charge in [-0.15, -0.1) is 0 Å². The van der Waals surface area contributed by atoms with E-state index < -0.39 is 6.10 Å². The van der Waals surface area contributed by atoms with Crippen LogP contribution in [0.4, 0.5) is 0 Å². The second-order valence-corrected chi connectivity index (χ2v) is 17.1. The maximum Gasteiger partial charge on any atom is 0.306 e. The topological polar surface area (TPSA) is 78.9 Å². The van der Waals surface area contributed by atoms with Crippen LogP contribution in [0.2, 0.25) is 0 Å². The number of hydrogen-bond acceptors (Lipinski definition) is 6. The molecule has 1 atom stereocenters. The zero-order valence-corrected chi connectivity index (χ0v) is 38.8. The summed E-state index contributed by atoms with van der Waals surface area (Å²) in [5.41, 5.74) is 0. The number of carbonyl (C=O) groups excluding carboxylic acids is 3. The molecule has 0 heterocycles. The van der Waals surface area contributed by atoms with Gasteiger partial charge in [0.05, 0.1) is 0 Å². The van der Waals surface area contributed by atoms with Crippen molar-refractivity contribution in [3.8, 4) is 0 Å². The minimum Gasteiger partial charge on any atom is -0.462 e. The van der Waals surface area contributed by atoms with Crippen molar-refractivity contribution in [3.05, 3.63) is 24.3 Å². The third-order valence-electron chi connectivity index (χ3n) is 11.2. The van der Waals surface area contributed by atoms with Gasteiger partial charge < -0.3 is 14.2 Å². The largest absolute Gasteiger partial charge is 0.462 e. The van der Waals surface area contributed by atoms with Crippen LogP contribution in [-0.2, 0) is 28.6 Å². The summed E-state index contributed by atoms with van der Waals surface area (Å²) in [7, 11) is 0. The van der Waals surface area contributed by atoms with Crippen molar-refractivity contribution in [1.29, 1.82) is 0 Å². The minimum atomic E-state index is -0.776. The van der Waals surface area contributed by atoms with Crippen LogP contribution in [-0.4, -0.2) is 37.2 Å². The molecule has 0 N–H and O–H groups in total. The van der Waals surface area contributed by atoms with Gasteiger partial charge in [-0.2, -0.15) is 0 Å². The average Bonchev–Trinajstić information content (AvgIpc) is 3.22. The maximum atomic E-state index is 12.7. The van der Waals surface area contributed by atoms with Gasteiger partial charge in [0.25, 0.3) is 0 Å². The van der Waals surface area contributed by atoms with E-state index in [1.807, 2.05) is 0 Å². The third-order valence-corrected chi connectivity index (χ3v) is 11.2. The molecule has 0 saturated heterocycles. The highest BCUT2D eigenvalue weighted by Crippen LogP contribution is 2.16. The highest BCUT2D eigenvalue weighted by Gasteiger charge is 2.19. The number of allylic oxidation sites excluding steroid dienone is 4. The predicted molar refractivity (Wildman–Crippen MR) is 247 cm³/mol. The predicted octanol–water partition coefficient (Wildman–Crippen LogP) is 16.4. The van der Waals surface area contributed by atoms with E-state index in [2.05, 4.69) is 45.1 Å². The molecule has 58 heavy (non-hydrogen) atoms. The molecule has 0 amide bonds. The molecule has 0 aliphatic carbocycles. The first-order valence-electron chi connectivity index (χ1n) is 25.3. The molecule has 0 aliphatic heterocycles. The van der Waals surface area contributed by atoms with E-state index in [0.717, 1.165) is 70.6 Å². The Kier molecular flexibility index (Phi) is 45.8. The lowest BCUT2D eigenvalue weighted by atomic mass is 10.0. The highest BCUT2D eigenvalue weighted by molar-refractivity contribution is 5.71. The van der Waals surface area contributed by atoms with Gasteiger partial charge in [0.15, 0.2) is 6.10 Å². The number of esters is 3. The van der Waals surface area contributed by atoms with Gasteiger partial charge >= 0.3 is 17.9 Å². The molecular formula is C52H96O6. The molecule has 6 heteroatoms. The van der Waals surface area contributed by atoms with E-state index in [-0.39, 0.29) is 31.1 Å². The Labute approximate surface area is 360 Å². The fraction of sp³-hybridized carbons (Fsp3) is 0.865. The van der Waals surface area contributed by atoms with Crippen molar-refractivity contribution < 1.29 is 28.6 Å². The van der Waals surface area contributed by atoms with Gasteiger partial charge in [-0.25, -0.2) is 0 Å². The fourth-order valence-electron chi connectivity index (χ4n) is 7.42. The lowest BCUT2D eigenvalue weighted by Gasteiger charge is -2.18. The first-order chi connectivity index (χ1) is 28.5. The Morgan fingerprint density at radius 2 is 0.672 bits per heavy atom. The van der Waals surface area contributed by atoms with Gasteiger partial charge in [-0.1, -0.05) is 231 Å². The first kappa shape index (κ1) is 55.9. The molecule has 0 aromatic heterocycles. The van der Waals surface area contributed by atoms with E-state index in [0.29, 0.717) is 19.3 Å². The monoisotopic (exact) mass is 817 g/mol. The van der Waals surface area contributed by atoms with E-state index in [1.54, 1.807) is 0 Å². The molecule has 6 nitrogen and oxygen atoms in total. The number of carbonyl (C=O) groups is 3. The van der Waals surface area contributed by atoms with Crippen LogP contribution in [0.15, 0.2) is 24.3 Å². The van der Waals surface area contributed by atoms with E-state index in [1.165, 1.54) is 161 Å². The van der Waals surface area contributed by atoms with Gasteiger partial charge in [0, 0.05) is 19.3 Å². The lowest BCUT2D eigenvalue weighted by Crippen LogP contribution is -2.30. The highest BCUT2D eigenvalue weighted by atomic mass is 16.6. The van der Waals surface area contributed by atoms with E-state index in [9.17, 15) is 14.4 Å². The van der Waals surface area contributed by atoms with Crippen molar-refractivity contribution in [1.82, 2.24) is 0 Å². The number of unbranched alkanes of at least 4 members (excludes halogenated alkanes) is 31. The number of hydrogen-bond donors (Lipinski definition) is 0. The van der Waals surface area contributed by atoms with Crippen molar-refractivity contribution in [2.45, 2.75) is 277 Å². The Morgan fingerprint density at radius 3 is 1.03 bits per heavy atom. The Morgan fingerprint density at radius 1 is 0.362 bits per heavy atom. The molecule has 0 spiro atoms. The first-order valence-corrected chi connectivity index (χ1v) is 25.3. The quantitative estimate of drug-likeness (QED) is 0.0263. The molecule has 0 fully saturated rings. The summed E-state index contributed by atoms with van der Waals surface area (Å²) in [5, 5.41) is 0. The van der Waals surface area contributed by atoms with Crippen LogP contribution in [0, 0.1) is 0 Å². The van der Waals surface area contributed by atoms with Gasteiger partial charge in [0.1, 0.15) is 13.2 Å². The fourth-order valence-corrected chi connectivity index (χ4v) is 7.42. The van der Waals surface area contributed by atoms with E-state index in [4.69, 9.17) is 14.2 Å². The van der Waals surface area contributed by atoms with Crippen LogP contribution >= 0.6 is 0 Å². The van der Waals surface area contributed by atoms with Crippen LogP contribution in [0.1, 0.15) is 271 Å². The van der Waals surface area contributed by atoms with Gasteiger partial charge in [0.2, 0.25) is 0 Å². The zero-order chi connectivity index (χ0) is 42.3. The lowest BCUT2D eigenvalue weighted by molar-refractivity contribution is -0.167. The molecule has 0 bridgehead atoms. The van der Waals surface area contributed by atoms with Crippen LogP contribution in [0.25, 0.3) is 0 Å². The van der Waals surface area contributed by atoms with Crippen molar-refractivity contribution in [2.75, 3.05) is 13.2 Å². The molecule has 0 aromatic carbocycles. The van der Waals surface area contributed by atoms with Crippen molar-refractivity contribution in [3.63, 3.8) is 0 Å². The molecule has 0 aromatic rings. The number of rotatable bonds is 46. The molecule has 0 rings (SSSR count). The smallest absolute Gasteiger partial charge is 0.306 e. The third kappa shape index (κ3) is 45.0. The van der Waals surface area contributed by atoms with Crippen LogP contribution < -0.4 is 0 Å². The summed E-state index contributed by atoms with van der Waals surface area (Å²) in [6, 6.07) is 0. The molecule has 0 radical (unpaired) electrons. The molecule has 340 valence electrons. The van der Waals surface area contributed by atoms with Gasteiger partial charge in [-0.05, 0) is 44.9 Å². The standard InChI is InChI=1S/C52H96O6/c1-4-7-10-13-16-19-21-23-24-25-26-27-29-30-33-36-39-42-45-51(54)57-48-49(47-56-50(53)44-41-38-35-32-18-15-12-9-6-3)58-52(55)46-43-40-37-34-31-28-22-20-17-14-11-8-5-2/h9,12,18,32,49H,4-8,10-11,13-17,19-31,33-48H2,1-3H3/b12-9-,32-18-. The van der Waals surface area contributed by atoms with Crippen molar-refractivity contribution >= 4 is 17.9 Å². The Balaban J connectivity index is 4.26. The summed E-state index contributed by atoms with van der Waals surface area (Å²) in [5.74, 6) is -0.902.